The Labute approximate surface area is 446 Å². The molecule has 10 rings (SSSR count). The average molecular weight is 1070 g/mol. The van der Waals surface area contributed by atoms with Crippen LogP contribution in [0.2, 0.25) is 5.02 Å². The van der Waals surface area contributed by atoms with Crippen LogP contribution >= 0.6 is 11.6 Å². The van der Waals surface area contributed by atoms with Crippen molar-refractivity contribution in [2.75, 3.05) is 68.1 Å². The number of rotatable bonds is 14. The molecule has 4 aromatic carbocycles. The number of amides is 6. The van der Waals surface area contributed by atoms with E-state index in [0.717, 1.165) is 59.2 Å². The van der Waals surface area contributed by atoms with Crippen LogP contribution in [0.4, 0.5) is 35.2 Å². The Hall–Kier alpha value is -7.96. The molecule has 0 spiro atoms. The van der Waals surface area contributed by atoms with E-state index in [9.17, 15) is 42.4 Å². The molecule has 77 heavy (non-hydrogen) atoms. The molecule has 5 aromatic rings. The molecule has 6 amide bonds. The van der Waals surface area contributed by atoms with Gasteiger partial charge in [-0.1, -0.05) is 54.6 Å². The number of piperidine rings is 1. The first-order valence-electron chi connectivity index (χ1n) is 25.4. The van der Waals surface area contributed by atoms with Crippen molar-refractivity contribution in [1.29, 1.82) is 5.26 Å². The summed E-state index contributed by atoms with van der Waals surface area (Å²) >= 11 is 6.77. The van der Waals surface area contributed by atoms with Crippen molar-refractivity contribution in [1.82, 2.24) is 35.3 Å². The lowest BCUT2D eigenvalue weighted by molar-refractivity contribution is -0.138. The summed E-state index contributed by atoms with van der Waals surface area (Å²) in [5.41, 5.74) is 2.87. The van der Waals surface area contributed by atoms with Gasteiger partial charge in [0.1, 0.15) is 30.8 Å². The standard InChI is InChI=1S/C55H55ClF3N11O7/c1-32(30-76-40-24-36(55(57,58)59)23-37(25-40)62-53(75)61-26-33-11-12-41-35(22-33)27-70(52(41)74)46-13-14-47(71)64-50(46)72)51(73)69-21-20-68(28-38(69)15-17-60)49-42-16-19-67(45-10-4-7-34-6-3-9-43(56)48(34)45)29-44(42)63-54(65-49)77-31-39-8-5-18-66(39)2/h3-4,6-7,9-12,22-25,38-39,46H,1,5,8,13-16,18-21,26-31H2,2H3,(H2,61,62,75)(H,64,71,72)/t38-,39-,46?/m0/s1. The topological polar surface area (TPSA) is 206 Å². The van der Waals surface area contributed by atoms with Gasteiger partial charge in [-0.05, 0) is 86.1 Å². The molecular formula is C55H55ClF3N11O7. The highest BCUT2D eigenvalue weighted by molar-refractivity contribution is 6.36. The Morgan fingerprint density at radius 1 is 0.935 bits per heavy atom. The normalized spacial score (nSPS) is 19.6. The number of carbonyl (C=O) groups excluding carboxylic acids is 5. The summed E-state index contributed by atoms with van der Waals surface area (Å²) in [6.07, 6.45) is -1.90. The van der Waals surface area contributed by atoms with Crippen LogP contribution in [0.1, 0.15) is 70.4 Å². The third-order valence-corrected chi connectivity index (χ3v) is 15.2. The summed E-state index contributed by atoms with van der Waals surface area (Å²) in [6, 6.07) is 19.9. The van der Waals surface area contributed by atoms with E-state index in [0.29, 0.717) is 60.2 Å². The van der Waals surface area contributed by atoms with Gasteiger partial charge in [0.2, 0.25) is 11.8 Å². The van der Waals surface area contributed by atoms with Crippen LogP contribution in [-0.4, -0.2) is 125 Å². The predicted molar refractivity (Wildman–Crippen MR) is 279 cm³/mol. The highest BCUT2D eigenvalue weighted by Crippen LogP contribution is 2.39. The minimum Gasteiger partial charge on any atom is -0.489 e. The van der Waals surface area contributed by atoms with Crippen molar-refractivity contribution in [2.45, 2.75) is 82.5 Å². The molecule has 1 unspecified atom stereocenters. The number of likely N-dealkylation sites (N-methyl/N-ethyl adjacent to an activating group) is 1. The Kier molecular flexibility index (Phi) is 15.0. The number of ether oxygens (including phenoxy) is 2. The number of halogens is 4. The molecule has 1 aromatic heterocycles. The van der Waals surface area contributed by atoms with Crippen LogP contribution in [0.5, 0.6) is 11.8 Å². The van der Waals surface area contributed by atoms with Gasteiger partial charge in [-0.25, -0.2) is 4.79 Å². The van der Waals surface area contributed by atoms with Crippen LogP contribution in [0.15, 0.2) is 84.9 Å². The zero-order chi connectivity index (χ0) is 54.1. The van der Waals surface area contributed by atoms with Crippen molar-refractivity contribution in [3.63, 3.8) is 0 Å². The second-order valence-corrected chi connectivity index (χ2v) is 20.3. The second kappa shape index (κ2) is 21.9. The van der Waals surface area contributed by atoms with Gasteiger partial charge in [0.05, 0.1) is 41.4 Å². The summed E-state index contributed by atoms with van der Waals surface area (Å²) in [7, 11) is 2.07. The summed E-state index contributed by atoms with van der Waals surface area (Å²) < 4.78 is 54.8. The first kappa shape index (κ1) is 52.5. The highest BCUT2D eigenvalue weighted by atomic mass is 35.5. The summed E-state index contributed by atoms with van der Waals surface area (Å²) in [5.74, 6) is -1.46. The minimum absolute atomic E-state index is 0.0311. The van der Waals surface area contributed by atoms with Crippen LogP contribution in [0, 0.1) is 11.3 Å². The maximum absolute atomic E-state index is 14.2. The van der Waals surface area contributed by atoms with E-state index in [2.05, 4.69) is 56.4 Å². The minimum atomic E-state index is -4.83. The zero-order valence-electron chi connectivity index (χ0n) is 42.1. The van der Waals surface area contributed by atoms with E-state index in [-0.39, 0.29) is 80.4 Å². The van der Waals surface area contributed by atoms with Crippen molar-refractivity contribution in [3.05, 3.63) is 123 Å². The molecule has 5 aliphatic rings. The number of piperazine rings is 1. The van der Waals surface area contributed by atoms with Gasteiger partial charge >= 0.3 is 18.2 Å². The number of nitrogens with zero attached hydrogens (tertiary/aromatic N) is 8. The van der Waals surface area contributed by atoms with Gasteiger partial charge in [0.15, 0.2) is 0 Å². The molecule has 400 valence electrons. The lowest BCUT2D eigenvalue weighted by Crippen LogP contribution is -2.56. The fourth-order valence-corrected chi connectivity index (χ4v) is 11.1. The van der Waals surface area contributed by atoms with E-state index in [1.807, 2.05) is 30.3 Å². The molecule has 3 saturated heterocycles. The maximum Gasteiger partial charge on any atom is 0.416 e. The Morgan fingerprint density at radius 3 is 2.52 bits per heavy atom. The Bertz CT molecular complexity index is 3240. The van der Waals surface area contributed by atoms with Crippen molar-refractivity contribution in [2.24, 2.45) is 0 Å². The number of benzene rings is 4. The van der Waals surface area contributed by atoms with Gasteiger partial charge in [-0.3, -0.25) is 24.5 Å². The van der Waals surface area contributed by atoms with Crippen LogP contribution in [-0.2, 0) is 46.6 Å². The molecule has 3 fully saturated rings. The number of imide groups is 1. The number of alkyl halides is 3. The van der Waals surface area contributed by atoms with Gasteiger partial charge in [0.25, 0.3) is 11.8 Å². The molecule has 22 heteroatoms. The van der Waals surface area contributed by atoms with Gasteiger partial charge in [0, 0.05) is 91.3 Å². The van der Waals surface area contributed by atoms with E-state index < -0.39 is 54.2 Å². The van der Waals surface area contributed by atoms with Crippen LogP contribution in [0.25, 0.3) is 10.8 Å². The molecule has 6 heterocycles. The van der Waals surface area contributed by atoms with Crippen molar-refractivity contribution < 1.29 is 46.6 Å². The highest BCUT2D eigenvalue weighted by Gasteiger charge is 2.40. The molecule has 3 atom stereocenters. The predicted octanol–water partition coefficient (Wildman–Crippen LogP) is 6.99. The smallest absolute Gasteiger partial charge is 0.416 e. The van der Waals surface area contributed by atoms with Crippen LogP contribution < -0.4 is 35.2 Å². The Balaban J connectivity index is 0.793. The molecule has 0 saturated carbocycles. The molecule has 0 aliphatic carbocycles. The van der Waals surface area contributed by atoms with Gasteiger partial charge in [-0.2, -0.15) is 28.4 Å². The SMILES string of the molecule is C=C(COc1cc(NC(=O)NCc2ccc3c(c2)CN(C2CCC(=O)NC2=O)C3=O)cc(C(F)(F)F)c1)C(=O)N1CCN(c2nc(OC[C@@H]3CCCN3C)nc3c2CCN(c2cccc4cccc(Cl)c24)C3)C[C@@H]1CC#N. The molecule has 0 bridgehead atoms. The number of anilines is 3. The average Bonchev–Trinajstić information content (AvgIpc) is 4.00. The number of urea groups is 1. The number of fused-ring (bicyclic) bond motifs is 3. The summed E-state index contributed by atoms with van der Waals surface area (Å²) in [4.78, 5) is 84.0. The number of carbonyl (C=O) groups is 5. The van der Waals surface area contributed by atoms with E-state index in [1.54, 1.807) is 18.2 Å². The summed E-state index contributed by atoms with van der Waals surface area (Å²) in [6.45, 7) is 6.74. The summed E-state index contributed by atoms with van der Waals surface area (Å²) in [5, 5.41) is 19.9. The number of aromatic nitrogens is 2. The molecular weight excluding hydrogens is 1020 g/mol. The third-order valence-electron chi connectivity index (χ3n) is 14.9. The fraction of sp³-hybridized carbons (Fsp3) is 0.382. The first-order valence-corrected chi connectivity index (χ1v) is 25.8. The van der Waals surface area contributed by atoms with Gasteiger partial charge in [-0.15, -0.1) is 0 Å². The molecule has 0 radical (unpaired) electrons. The second-order valence-electron chi connectivity index (χ2n) is 19.9. The molecule has 18 nitrogen and oxygen atoms in total. The third kappa shape index (κ3) is 11.3. The van der Waals surface area contributed by atoms with Crippen molar-refractivity contribution in [3.8, 4) is 17.8 Å². The number of nitrogens with one attached hydrogen (secondary N) is 3. The fourth-order valence-electron chi connectivity index (χ4n) is 10.9. The van der Waals surface area contributed by atoms with Crippen LogP contribution in [0.3, 0.4) is 0 Å². The van der Waals surface area contributed by atoms with E-state index in [4.69, 9.17) is 31.0 Å². The number of nitriles is 1. The first-order chi connectivity index (χ1) is 37.0. The number of likely N-dealkylation sites (tertiary alicyclic amines) is 1. The molecule has 5 aliphatic heterocycles. The van der Waals surface area contributed by atoms with E-state index in [1.165, 1.54) is 15.9 Å². The molecule has 3 N–H and O–H groups in total. The van der Waals surface area contributed by atoms with Gasteiger partial charge < -0.3 is 44.6 Å². The lowest BCUT2D eigenvalue weighted by Gasteiger charge is -2.42. The number of hydrogen-bond acceptors (Lipinski definition) is 13. The van der Waals surface area contributed by atoms with Crippen molar-refractivity contribution >= 4 is 69.2 Å². The zero-order valence-corrected chi connectivity index (χ0v) is 42.9. The monoisotopic (exact) mass is 1070 g/mol. The van der Waals surface area contributed by atoms with E-state index >= 15 is 0 Å². The lowest BCUT2D eigenvalue weighted by atomic mass is 10.0. The Morgan fingerprint density at radius 2 is 1.75 bits per heavy atom. The maximum atomic E-state index is 14.2. The number of hydrogen-bond donors (Lipinski definition) is 3. The largest absolute Gasteiger partial charge is 0.489 e. The quantitative estimate of drug-likeness (QED) is 0.0759.